The van der Waals surface area contributed by atoms with Crippen LogP contribution < -0.4 is 10.6 Å². The maximum Gasteiger partial charge on any atom is 0.247 e. The second-order valence-corrected chi connectivity index (χ2v) is 9.39. The third kappa shape index (κ3) is 7.10. The van der Waals surface area contributed by atoms with Crippen LogP contribution in [0.15, 0.2) is 48.7 Å². The first kappa shape index (κ1) is 25.8. The molecule has 1 aromatic heterocycles. The fourth-order valence-corrected chi connectivity index (χ4v) is 4.83. The van der Waals surface area contributed by atoms with Gasteiger partial charge in [0, 0.05) is 38.2 Å². The van der Waals surface area contributed by atoms with E-state index < -0.39 is 11.9 Å². The molecule has 3 amide bonds. The molecule has 2 aromatic rings. The smallest absolute Gasteiger partial charge is 0.247 e. The summed E-state index contributed by atoms with van der Waals surface area (Å²) in [5, 5.41) is 5.78. The van der Waals surface area contributed by atoms with Crippen LogP contribution >= 0.6 is 0 Å². The van der Waals surface area contributed by atoms with Crippen LogP contribution in [0, 0.1) is 5.82 Å². The Bertz CT molecular complexity index is 1020. The van der Waals surface area contributed by atoms with Gasteiger partial charge in [-0.25, -0.2) is 9.37 Å². The van der Waals surface area contributed by atoms with E-state index in [1.54, 1.807) is 24.4 Å². The van der Waals surface area contributed by atoms with Crippen molar-refractivity contribution in [2.75, 3.05) is 18.5 Å². The number of benzene rings is 1. The van der Waals surface area contributed by atoms with Crippen molar-refractivity contribution in [2.45, 2.75) is 69.6 Å². The molecule has 0 spiro atoms. The number of aromatic nitrogens is 1. The first-order valence-corrected chi connectivity index (χ1v) is 12.7. The number of halogens is 1. The van der Waals surface area contributed by atoms with Crippen LogP contribution in [0.4, 0.5) is 10.2 Å². The van der Waals surface area contributed by atoms with Crippen LogP contribution in [-0.4, -0.2) is 52.9 Å². The number of anilines is 1. The van der Waals surface area contributed by atoms with Gasteiger partial charge in [0.1, 0.15) is 17.7 Å². The molecule has 8 nitrogen and oxygen atoms in total. The highest BCUT2D eigenvalue weighted by Crippen LogP contribution is 2.27. The summed E-state index contributed by atoms with van der Waals surface area (Å²) in [6.07, 6.45) is 6.80. The van der Waals surface area contributed by atoms with E-state index in [2.05, 4.69) is 15.6 Å². The lowest BCUT2D eigenvalue weighted by Crippen LogP contribution is -2.48. The highest BCUT2D eigenvalue weighted by molar-refractivity contribution is 5.94. The summed E-state index contributed by atoms with van der Waals surface area (Å²) in [7, 11) is 0. The van der Waals surface area contributed by atoms with Gasteiger partial charge in [0.15, 0.2) is 0 Å². The normalized spacial score (nSPS) is 18.5. The maximum absolute atomic E-state index is 13.7. The van der Waals surface area contributed by atoms with Crippen molar-refractivity contribution in [1.29, 1.82) is 0 Å². The van der Waals surface area contributed by atoms with Crippen LogP contribution in [0.1, 0.15) is 63.0 Å². The van der Waals surface area contributed by atoms with Gasteiger partial charge in [-0.15, -0.1) is 0 Å². The Hall–Kier alpha value is -3.33. The Balaban J connectivity index is 1.53. The Morgan fingerprint density at radius 3 is 2.47 bits per heavy atom. The quantitative estimate of drug-likeness (QED) is 0.522. The van der Waals surface area contributed by atoms with E-state index in [4.69, 9.17) is 4.74 Å². The number of hydrogen-bond donors (Lipinski definition) is 2. The van der Waals surface area contributed by atoms with E-state index in [-0.39, 0.29) is 49.3 Å². The van der Waals surface area contributed by atoms with E-state index in [1.807, 2.05) is 0 Å². The van der Waals surface area contributed by atoms with Crippen molar-refractivity contribution in [2.24, 2.45) is 0 Å². The second kappa shape index (κ2) is 12.6. The zero-order valence-corrected chi connectivity index (χ0v) is 20.3. The van der Waals surface area contributed by atoms with Gasteiger partial charge in [-0.3, -0.25) is 14.4 Å². The molecule has 1 saturated heterocycles. The lowest BCUT2D eigenvalue weighted by molar-refractivity contribution is -0.143. The average Bonchev–Trinajstić information content (AvgIpc) is 3.58. The summed E-state index contributed by atoms with van der Waals surface area (Å²) < 4.78 is 19.5. The van der Waals surface area contributed by atoms with E-state index in [0.29, 0.717) is 18.0 Å². The van der Waals surface area contributed by atoms with Crippen molar-refractivity contribution in [3.63, 3.8) is 0 Å². The fourth-order valence-electron chi connectivity index (χ4n) is 4.83. The molecule has 1 aliphatic heterocycles. The molecule has 1 aliphatic carbocycles. The lowest BCUT2D eigenvalue weighted by atomic mass is 10.0. The van der Waals surface area contributed by atoms with Crippen LogP contribution in [0.25, 0.3) is 0 Å². The molecular formula is C27H33FN4O4. The van der Waals surface area contributed by atoms with Crippen molar-refractivity contribution in [3.05, 3.63) is 60.0 Å². The number of rotatable bonds is 10. The molecule has 1 saturated carbocycles. The zero-order valence-electron chi connectivity index (χ0n) is 20.3. The predicted octanol–water partition coefficient (Wildman–Crippen LogP) is 3.75. The molecule has 1 aromatic carbocycles. The van der Waals surface area contributed by atoms with E-state index in [9.17, 15) is 18.8 Å². The summed E-state index contributed by atoms with van der Waals surface area (Å²) in [5.41, 5.74) is 0.524. The number of amides is 3. The van der Waals surface area contributed by atoms with E-state index in [0.717, 1.165) is 38.5 Å². The van der Waals surface area contributed by atoms with Crippen LogP contribution in [-0.2, 0) is 19.1 Å². The second-order valence-electron chi connectivity index (χ2n) is 9.39. The molecule has 192 valence electrons. The maximum atomic E-state index is 13.7. The van der Waals surface area contributed by atoms with Crippen molar-refractivity contribution < 1.29 is 23.5 Å². The first-order valence-electron chi connectivity index (χ1n) is 12.7. The van der Waals surface area contributed by atoms with Crippen LogP contribution in [0.5, 0.6) is 0 Å². The molecule has 2 unspecified atom stereocenters. The molecule has 2 heterocycles. The minimum absolute atomic E-state index is 0.0577. The number of nitrogens with one attached hydrogen (secondary N) is 2. The minimum Gasteiger partial charge on any atom is -0.376 e. The molecule has 4 rings (SSSR count). The van der Waals surface area contributed by atoms with Gasteiger partial charge < -0.3 is 20.3 Å². The van der Waals surface area contributed by atoms with Gasteiger partial charge in [0.25, 0.3) is 0 Å². The summed E-state index contributed by atoms with van der Waals surface area (Å²) in [5.74, 6) is -0.980. The fraction of sp³-hybridized carbons (Fsp3) is 0.481. The van der Waals surface area contributed by atoms with Crippen LogP contribution in [0.2, 0.25) is 0 Å². The zero-order chi connectivity index (χ0) is 25.3. The minimum atomic E-state index is -0.943. The molecular weight excluding hydrogens is 463 g/mol. The van der Waals surface area contributed by atoms with E-state index in [1.165, 1.54) is 29.2 Å². The largest absolute Gasteiger partial charge is 0.376 e. The Kier molecular flexibility index (Phi) is 9.00. The number of nitrogens with zero attached hydrogens (tertiary/aromatic N) is 2. The van der Waals surface area contributed by atoms with Crippen molar-refractivity contribution >= 4 is 23.5 Å². The molecule has 2 N–H and O–H groups in total. The summed E-state index contributed by atoms with van der Waals surface area (Å²) in [6, 6.07) is 9.95. The number of carbonyl (C=O) groups is 3. The summed E-state index contributed by atoms with van der Waals surface area (Å²) >= 11 is 0. The van der Waals surface area contributed by atoms with Gasteiger partial charge in [0.05, 0.1) is 6.10 Å². The molecule has 36 heavy (non-hydrogen) atoms. The first-order chi connectivity index (χ1) is 17.5. The molecule has 2 fully saturated rings. The molecule has 0 radical (unpaired) electrons. The molecule has 0 bridgehead atoms. The van der Waals surface area contributed by atoms with Gasteiger partial charge in [-0.2, -0.15) is 0 Å². The average molecular weight is 497 g/mol. The monoisotopic (exact) mass is 496 g/mol. The summed E-state index contributed by atoms with van der Waals surface area (Å²) in [6.45, 7) is 0.829. The highest BCUT2D eigenvalue weighted by atomic mass is 19.1. The van der Waals surface area contributed by atoms with Gasteiger partial charge in [0.2, 0.25) is 17.7 Å². The van der Waals surface area contributed by atoms with Crippen molar-refractivity contribution in [3.8, 4) is 0 Å². The van der Waals surface area contributed by atoms with Crippen molar-refractivity contribution in [1.82, 2.24) is 15.2 Å². The van der Waals surface area contributed by atoms with Gasteiger partial charge in [-0.1, -0.05) is 31.0 Å². The standard InChI is InChI=1S/C27H33FN4O4/c28-20-12-10-19(11-13-20)26(27(35)30-21-6-1-2-7-21)32(18-22-8-5-17-36-22)25(34)15-14-24(33)31-23-9-3-4-16-29-23/h3-4,9-13,16,21-22,26H,1-2,5-8,14-15,17-18H2,(H,30,35)(H,29,31,33). The Labute approximate surface area is 210 Å². The molecule has 9 heteroatoms. The third-order valence-electron chi connectivity index (χ3n) is 6.69. The van der Waals surface area contributed by atoms with Gasteiger partial charge >= 0.3 is 0 Å². The SMILES string of the molecule is O=C(CCC(=O)N(CC1CCCO1)C(C(=O)NC1CCCC1)c1ccc(F)cc1)Nc1ccccn1. The highest BCUT2D eigenvalue weighted by Gasteiger charge is 2.35. The Morgan fingerprint density at radius 1 is 1.03 bits per heavy atom. The predicted molar refractivity (Wildman–Crippen MR) is 132 cm³/mol. The number of ether oxygens (including phenoxy) is 1. The molecule has 2 atom stereocenters. The summed E-state index contributed by atoms with van der Waals surface area (Å²) in [4.78, 5) is 45.1. The number of pyridine rings is 1. The molecule has 2 aliphatic rings. The Morgan fingerprint density at radius 2 is 1.81 bits per heavy atom. The third-order valence-corrected chi connectivity index (χ3v) is 6.69. The van der Waals surface area contributed by atoms with Gasteiger partial charge in [-0.05, 0) is 55.5 Å². The van der Waals surface area contributed by atoms with E-state index >= 15 is 0 Å². The topological polar surface area (TPSA) is 101 Å². The lowest BCUT2D eigenvalue weighted by Gasteiger charge is -2.34. The number of hydrogen-bond acceptors (Lipinski definition) is 5. The number of carbonyl (C=O) groups excluding carboxylic acids is 3. The van der Waals surface area contributed by atoms with Crippen LogP contribution in [0.3, 0.4) is 0 Å².